The molecule has 0 aliphatic carbocycles. The third kappa shape index (κ3) is 4.55. The fraction of sp³-hybridized carbons (Fsp3) is 0.125. The molecule has 1 heterocycles. The molecular weight excluding hydrogens is 430 g/mol. The highest BCUT2D eigenvalue weighted by molar-refractivity contribution is 7.99. The van der Waals surface area contributed by atoms with Crippen molar-refractivity contribution >= 4 is 23.4 Å². The highest BCUT2D eigenvalue weighted by atomic mass is 32.2. The van der Waals surface area contributed by atoms with Crippen LogP contribution in [0.3, 0.4) is 0 Å². The molecule has 0 saturated heterocycles. The average molecular weight is 451 g/mol. The molecular formula is C24H20F2N4OS. The number of rotatable bonds is 6. The fourth-order valence-corrected chi connectivity index (χ4v) is 3.91. The molecule has 4 rings (SSSR count). The Morgan fingerprint density at radius 1 is 0.938 bits per heavy atom. The van der Waals surface area contributed by atoms with Gasteiger partial charge in [-0.25, -0.2) is 8.78 Å². The summed E-state index contributed by atoms with van der Waals surface area (Å²) in [5, 5.41) is 11.4. The second kappa shape index (κ2) is 9.32. The van der Waals surface area contributed by atoms with E-state index < -0.39 is 23.2 Å². The summed E-state index contributed by atoms with van der Waals surface area (Å²) in [4.78, 5) is 12.4. The van der Waals surface area contributed by atoms with E-state index >= 15 is 0 Å². The van der Waals surface area contributed by atoms with Crippen LogP contribution in [0.4, 0.5) is 14.5 Å². The molecule has 3 aromatic carbocycles. The molecule has 0 aliphatic rings. The van der Waals surface area contributed by atoms with Gasteiger partial charge >= 0.3 is 0 Å². The van der Waals surface area contributed by atoms with Gasteiger partial charge in [0.25, 0.3) is 0 Å². The molecule has 0 aliphatic heterocycles. The summed E-state index contributed by atoms with van der Waals surface area (Å²) in [6, 6.07) is 19.1. The van der Waals surface area contributed by atoms with Crippen LogP contribution in [0.1, 0.15) is 11.1 Å². The van der Waals surface area contributed by atoms with E-state index in [1.54, 1.807) is 0 Å². The van der Waals surface area contributed by atoms with Crippen molar-refractivity contribution < 1.29 is 13.6 Å². The number of halogens is 2. The van der Waals surface area contributed by atoms with Gasteiger partial charge in [0.2, 0.25) is 5.91 Å². The maximum absolute atomic E-state index is 13.8. The van der Waals surface area contributed by atoms with Crippen molar-refractivity contribution in [1.29, 1.82) is 0 Å². The van der Waals surface area contributed by atoms with Gasteiger partial charge in [0.1, 0.15) is 17.3 Å². The maximum Gasteiger partial charge on any atom is 0.235 e. The van der Waals surface area contributed by atoms with Gasteiger partial charge in [0.05, 0.1) is 11.4 Å². The lowest BCUT2D eigenvalue weighted by Crippen LogP contribution is -2.16. The molecule has 1 aromatic heterocycles. The Balaban J connectivity index is 1.63. The first kappa shape index (κ1) is 21.7. The Morgan fingerprint density at radius 3 is 2.34 bits per heavy atom. The lowest BCUT2D eigenvalue weighted by Gasteiger charge is -2.12. The molecule has 4 aromatic rings. The van der Waals surface area contributed by atoms with Crippen molar-refractivity contribution in [2.45, 2.75) is 19.0 Å². The standard InChI is InChI=1S/C24H20F2N4OS/c1-15-11-12-18(13-16(15)2)30-23(17-7-4-3-5-8-17)28-29-24(30)32-14-21(31)27-22-19(25)9-6-10-20(22)26/h3-13H,14H2,1-2H3,(H,27,31). The van der Waals surface area contributed by atoms with Crippen LogP contribution in [-0.2, 0) is 4.79 Å². The molecule has 0 radical (unpaired) electrons. The van der Waals surface area contributed by atoms with Gasteiger partial charge in [-0.1, -0.05) is 54.2 Å². The summed E-state index contributed by atoms with van der Waals surface area (Å²) in [6.45, 7) is 4.06. The molecule has 0 fully saturated rings. The molecule has 0 bridgehead atoms. The van der Waals surface area contributed by atoms with E-state index in [0.29, 0.717) is 11.0 Å². The average Bonchev–Trinajstić information content (AvgIpc) is 3.21. The largest absolute Gasteiger partial charge is 0.320 e. The molecule has 162 valence electrons. The van der Waals surface area contributed by atoms with Crippen LogP contribution in [0.25, 0.3) is 17.1 Å². The van der Waals surface area contributed by atoms with Crippen LogP contribution in [0, 0.1) is 25.5 Å². The quantitative estimate of drug-likeness (QED) is 0.391. The van der Waals surface area contributed by atoms with Crippen molar-refractivity contribution in [3.05, 3.63) is 89.5 Å². The third-order valence-electron chi connectivity index (χ3n) is 4.97. The Kier molecular flexibility index (Phi) is 6.32. The first-order valence-corrected chi connectivity index (χ1v) is 10.9. The first-order valence-electron chi connectivity index (χ1n) is 9.89. The highest BCUT2D eigenvalue weighted by Crippen LogP contribution is 2.29. The number of hydrogen-bond donors (Lipinski definition) is 1. The molecule has 1 N–H and O–H groups in total. The van der Waals surface area contributed by atoms with Crippen molar-refractivity contribution in [2.24, 2.45) is 0 Å². The normalized spacial score (nSPS) is 10.9. The summed E-state index contributed by atoms with van der Waals surface area (Å²) in [6.07, 6.45) is 0. The predicted molar refractivity (Wildman–Crippen MR) is 122 cm³/mol. The number of thioether (sulfide) groups is 1. The fourth-order valence-electron chi connectivity index (χ4n) is 3.16. The zero-order chi connectivity index (χ0) is 22.7. The van der Waals surface area contributed by atoms with Gasteiger partial charge < -0.3 is 5.32 Å². The molecule has 32 heavy (non-hydrogen) atoms. The van der Waals surface area contributed by atoms with Crippen LogP contribution >= 0.6 is 11.8 Å². The number of amides is 1. The number of aryl methyl sites for hydroxylation is 2. The van der Waals surface area contributed by atoms with Crippen LogP contribution < -0.4 is 5.32 Å². The molecule has 0 saturated carbocycles. The summed E-state index contributed by atoms with van der Waals surface area (Å²) in [5.74, 6) is -1.65. The van der Waals surface area contributed by atoms with Crippen molar-refractivity contribution in [3.63, 3.8) is 0 Å². The number of nitrogens with one attached hydrogen (secondary N) is 1. The van der Waals surface area contributed by atoms with Crippen LogP contribution in [0.5, 0.6) is 0 Å². The van der Waals surface area contributed by atoms with E-state index in [-0.39, 0.29) is 5.75 Å². The number of aromatic nitrogens is 3. The first-order chi connectivity index (χ1) is 15.4. The van der Waals surface area contributed by atoms with Crippen molar-refractivity contribution in [3.8, 4) is 17.1 Å². The van der Waals surface area contributed by atoms with E-state index in [1.165, 1.54) is 6.07 Å². The van der Waals surface area contributed by atoms with E-state index in [1.807, 2.05) is 66.9 Å². The molecule has 1 amide bonds. The molecule has 0 atom stereocenters. The summed E-state index contributed by atoms with van der Waals surface area (Å²) in [5.41, 5.74) is 3.55. The Morgan fingerprint density at radius 2 is 1.66 bits per heavy atom. The zero-order valence-electron chi connectivity index (χ0n) is 17.5. The van der Waals surface area contributed by atoms with E-state index in [0.717, 1.165) is 46.3 Å². The second-order valence-electron chi connectivity index (χ2n) is 7.21. The van der Waals surface area contributed by atoms with Crippen LogP contribution in [-0.4, -0.2) is 26.4 Å². The number of benzene rings is 3. The minimum Gasteiger partial charge on any atom is -0.320 e. The van der Waals surface area contributed by atoms with Crippen LogP contribution in [0.15, 0.2) is 71.9 Å². The summed E-state index contributed by atoms with van der Waals surface area (Å²) >= 11 is 1.14. The lowest BCUT2D eigenvalue weighted by atomic mass is 10.1. The number of para-hydroxylation sites is 1. The molecule has 5 nitrogen and oxygen atoms in total. The number of anilines is 1. The number of hydrogen-bond acceptors (Lipinski definition) is 4. The number of nitrogens with zero attached hydrogens (tertiary/aromatic N) is 3. The molecule has 0 unspecified atom stereocenters. The monoisotopic (exact) mass is 450 g/mol. The topological polar surface area (TPSA) is 59.8 Å². The maximum atomic E-state index is 13.8. The molecule has 8 heteroatoms. The van der Waals surface area contributed by atoms with Crippen molar-refractivity contribution in [1.82, 2.24) is 14.8 Å². The smallest absolute Gasteiger partial charge is 0.235 e. The Hall–Kier alpha value is -3.52. The number of carbonyl (C=O) groups is 1. The minimum atomic E-state index is -0.826. The molecule has 0 spiro atoms. The SMILES string of the molecule is Cc1ccc(-n2c(SCC(=O)Nc3c(F)cccc3F)nnc2-c2ccccc2)cc1C. The Labute approximate surface area is 188 Å². The van der Waals surface area contributed by atoms with E-state index in [9.17, 15) is 13.6 Å². The van der Waals surface area contributed by atoms with Gasteiger partial charge in [-0.05, 0) is 49.2 Å². The van der Waals surface area contributed by atoms with Gasteiger partial charge in [-0.15, -0.1) is 10.2 Å². The van der Waals surface area contributed by atoms with Crippen molar-refractivity contribution in [2.75, 3.05) is 11.1 Å². The number of carbonyl (C=O) groups excluding carboxylic acids is 1. The Bertz CT molecular complexity index is 1250. The van der Waals surface area contributed by atoms with E-state index in [2.05, 4.69) is 15.5 Å². The lowest BCUT2D eigenvalue weighted by molar-refractivity contribution is -0.113. The zero-order valence-corrected chi connectivity index (χ0v) is 18.3. The predicted octanol–water partition coefficient (Wildman–Crippen LogP) is 5.56. The second-order valence-corrected chi connectivity index (χ2v) is 8.15. The van der Waals surface area contributed by atoms with Crippen LogP contribution in [0.2, 0.25) is 0 Å². The van der Waals surface area contributed by atoms with Gasteiger partial charge in [-0.3, -0.25) is 9.36 Å². The summed E-state index contributed by atoms with van der Waals surface area (Å²) in [7, 11) is 0. The van der Waals surface area contributed by atoms with Gasteiger partial charge in [-0.2, -0.15) is 0 Å². The van der Waals surface area contributed by atoms with Gasteiger partial charge in [0.15, 0.2) is 11.0 Å². The van der Waals surface area contributed by atoms with Gasteiger partial charge in [0, 0.05) is 5.56 Å². The van der Waals surface area contributed by atoms with E-state index in [4.69, 9.17) is 0 Å². The minimum absolute atomic E-state index is 0.0917. The summed E-state index contributed by atoms with van der Waals surface area (Å²) < 4.78 is 29.5. The highest BCUT2D eigenvalue weighted by Gasteiger charge is 2.19. The third-order valence-corrected chi connectivity index (χ3v) is 5.90.